The fraction of sp³-hybridized carbons (Fsp3) is 0.240. The molecule has 6 heteroatoms. The summed E-state index contributed by atoms with van der Waals surface area (Å²) in [4.78, 5) is 12.8. The first kappa shape index (κ1) is 22.6. The lowest BCUT2D eigenvalue weighted by Crippen LogP contribution is -2.33. The predicted octanol–water partition coefficient (Wildman–Crippen LogP) is 4.86. The van der Waals surface area contributed by atoms with Gasteiger partial charge in [-0.1, -0.05) is 54.1 Å². The minimum absolute atomic E-state index is 0.0419. The first-order valence-electron chi connectivity index (χ1n) is 10.3. The Morgan fingerprint density at radius 3 is 2.29 bits per heavy atom. The number of nitrogens with one attached hydrogen (secondary N) is 2. The van der Waals surface area contributed by atoms with E-state index >= 15 is 0 Å². The Kier molecular flexibility index (Phi) is 7.13. The van der Waals surface area contributed by atoms with Crippen LogP contribution >= 0.6 is 0 Å². The Balaban J connectivity index is 1.70. The van der Waals surface area contributed by atoms with Gasteiger partial charge in [0.1, 0.15) is 0 Å². The fourth-order valence-corrected chi connectivity index (χ4v) is 4.60. The van der Waals surface area contributed by atoms with Gasteiger partial charge in [-0.25, -0.2) is 8.42 Å². The van der Waals surface area contributed by atoms with Crippen LogP contribution in [0.15, 0.2) is 77.7 Å². The molecule has 0 aromatic heterocycles. The molecule has 0 aliphatic rings. The third-order valence-electron chi connectivity index (χ3n) is 5.13. The highest BCUT2D eigenvalue weighted by molar-refractivity contribution is 7.92. The normalized spacial score (nSPS) is 12.2. The number of hydrogen-bond donors (Lipinski definition) is 2. The molecule has 31 heavy (non-hydrogen) atoms. The summed E-state index contributed by atoms with van der Waals surface area (Å²) in [5.74, 6) is -0.285. The van der Waals surface area contributed by atoms with Gasteiger partial charge in [-0.05, 0) is 69.0 Å². The summed E-state index contributed by atoms with van der Waals surface area (Å²) in [7, 11) is -3.82. The van der Waals surface area contributed by atoms with Gasteiger partial charge in [-0.2, -0.15) is 0 Å². The molecule has 0 spiro atoms. The van der Waals surface area contributed by atoms with Crippen molar-refractivity contribution in [3.8, 4) is 0 Å². The summed E-state index contributed by atoms with van der Waals surface area (Å²) in [6.07, 6.45) is 1.65. The Bertz CT molecular complexity index is 1140. The highest BCUT2D eigenvalue weighted by atomic mass is 32.2. The maximum atomic E-state index is 12.9. The second-order valence-corrected chi connectivity index (χ2v) is 9.50. The summed E-state index contributed by atoms with van der Waals surface area (Å²) < 4.78 is 28.4. The van der Waals surface area contributed by atoms with Crippen LogP contribution in [0.1, 0.15) is 40.4 Å². The molecular formula is C25H28N2O3S. The molecule has 0 fully saturated rings. The number of anilines is 1. The van der Waals surface area contributed by atoms with Crippen LogP contribution in [0.5, 0.6) is 0 Å². The number of amides is 1. The van der Waals surface area contributed by atoms with Gasteiger partial charge in [0.2, 0.25) is 0 Å². The molecule has 1 atom stereocenters. The van der Waals surface area contributed by atoms with E-state index in [1.165, 1.54) is 11.6 Å². The van der Waals surface area contributed by atoms with Gasteiger partial charge in [-0.3, -0.25) is 9.52 Å². The second-order valence-electron chi connectivity index (χ2n) is 7.85. The molecule has 5 nitrogen and oxygen atoms in total. The first-order chi connectivity index (χ1) is 14.7. The third kappa shape index (κ3) is 6.18. The van der Waals surface area contributed by atoms with E-state index in [9.17, 15) is 13.2 Å². The van der Waals surface area contributed by atoms with Crippen molar-refractivity contribution in [3.63, 3.8) is 0 Å². The Morgan fingerprint density at radius 1 is 0.935 bits per heavy atom. The number of carbonyl (C=O) groups excluding carboxylic acids is 1. The van der Waals surface area contributed by atoms with Crippen molar-refractivity contribution in [2.45, 2.75) is 44.6 Å². The molecule has 3 aromatic carbocycles. The van der Waals surface area contributed by atoms with E-state index < -0.39 is 10.0 Å². The number of carbonyl (C=O) groups is 1. The zero-order valence-electron chi connectivity index (χ0n) is 18.1. The standard InChI is InChI=1S/C25H28N2O3S/c1-18-9-15-23(16-10-18)27-31(29,30)24-17-22(14-11-19(24)2)25(28)26-20(3)12-13-21-7-5-4-6-8-21/h4-11,14-17,20,27H,12-13H2,1-3H3,(H,26,28)/t20-/m0/s1. The molecule has 3 rings (SSSR count). The lowest BCUT2D eigenvalue weighted by molar-refractivity contribution is 0.0938. The maximum absolute atomic E-state index is 12.9. The van der Waals surface area contributed by atoms with Crippen LogP contribution in [0.3, 0.4) is 0 Å². The molecule has 0 heterocycles. The van der Waals surface area contributed by atoms with Crippen molar-refractivity contribution in [3.05, 3.63) is 95.1 Å². The number of aryl methyl sites for hydroxylation is 3. The molecule has 0 radical (unpaired) electrons. The SMILES string of the molecule is Cc1ccc(NS(=O)(=O)c2cc(C(=O)N[C@@H](C)CCc3ccccc3)ccc2C)cc1. The smallest absolute Gasteiger partial charge is 0.262 e. The number of benzene rings is 3. The van der Waals surface area contributed by atoms with Crippen LogP contribution in [-0.4, -0.2) is 20.4 Å². The summed E-state index contributed by atoms with van der Waals surface area (Å²) in [5.41, 5.74) is 3.64. The molecule has 3 aromatic rings. The molecule has 1 amide bonds. The van der Waals surface area contributed by atoms with Gasteiger partial charge in [0.25, 0.3) is 15.9 Å². The van der Waals surface area contributed by atoms with E-state index in [0.717, 1.165) is 18.4 Å². The minimum atomic E-state index is -3.82. The van der Waals surface area contributed by atoms with E-state index in [1.54, 1.807) is 31.2 Å². The van der Waals surface area contributed by atoms with Gasteiger partial charge in [0, 0.05) is 17.3 Å². The topological polar surface area (TPSA) is 75.3 Å². The molecule has 0 saturated carbocycles. The molecule has 162 valence electrons. The van der Waals surface area contributed by atoms with Gasteiger partial charge >= 0.3 is 0 Å². The Morgan fingerprint density at radius 2 is 1.61 bits per heavy atom. The molecule has 0 saturated heterocycles. The van der Waals surface area contributed by atoms with Crippen molar-refractivity contribution in [2.24, 2.45) is 0 Å². The molecule has 0 aliphatic heterocycles. The fourth-order valence-electron chi connectivity index (χ4n) is 3.27. The van der Waals surface area contributed by atoms with E-state index in [4.69, 9.17) is 0 Å². The maximum Gasteiger partial charge on any atom is 0.262 e. The Labute approximate surface area is 184 Å². The summed E-state index contributed by atoms with van der Waals surface area (Å²) in [6, 6.07) is 21.9. The predicted molar refractivity (Wildman–Crippen MR) is 125 cm³/mol. The highest BCUT2D eigenvalue weighted by Crippen LogP contribution is 2.21. The van der Waals surface area contributed by atoms with Crippen molar-refractivity contribution < 1.29 is 13.2 Å². The zero-order chi connectivity index (χ0) is 22.4. The van der Waals surface area contributed by atoms with Crippen molar-refractivity contribution in [1.82, 2.24) is 5.32 Å². The lowest BCUT2D eigenvalue weighted by atomic mass is 10.1. The summed E-state index contributed by atoms with van der Waals surface area (Å²) in [6.45, 7) is 5.60. The lowest BCUT2D eigenvalue weighted by Gasteiger charge is -2.15. The monoisotopic (exact) mass is 436 g/mol. The van der Waals surface area contributed by atoms with Crippen LogP contribution in [0.25, 0.3) is 0 Å². The van der Waals surface area contributed by atoms with Gasteiger partial charge in [0.15, 0.2) is 0 Å². The van der Waals surface area contributed by atoms with Crippen molar-refractivity contribution >= 4 is 21.6 Å². The molecule has 2 N–H and O–H groups in total. The number of hydrogen-bond acceptors (Lipinski definition) is 3. The minimum Gasteiger partial charge on any atom is -0.350 e. The number of rotatable bonds is 8. The average molecular weight is 437 g/mol. The Hall–Kier alpha value is -3.12. The molecule has 0 aliphatic carbocycles. The van der Waals surface area contributed by atoms with Crippen LogP contribution in [0.4, 0.5) is 5.69 Å². The average Bonchev–Trinajstić information content (AvgIpc) is 2.74. The van der Waals surface area contributed by atoms with Crippen LogP contribution in [-0.2, 0) is 16.4 Å². The van der Waals surface area contributed by atoms with Gasteiger partial charge in [-0.15, -0.1) is 0 Å². The number of sulfonamides is 1. The zero-order valence-corrected chi connectivity index (χ0v) is 18.9. The van der Waals surface area contributed by atoms with Crippen molar-refractivity contribution in [1.29, 1.82) is 0 Å². The van der Waals surface area contributed by atoms with Crippen LogP contribution < -0.4 is 10.0 Å². The highest BCUT2D eigenvalue weighted by Gasteiger charge is 2.20. The summed E-state index contributed by atoms with van der Waals surface area (Å²) in [5, 5.41) is 2.97. The van der Waals surface area contributed by atoms with Crippen LogP contribution in [0.2, 0.25) is 0 Å². The molecular weight excluding hydrogens is 408 g/mol. The van der Waals surface area contributed by atoms with E-state index in [2.05, 4.69) is 22.2 Å². The summed E-state index contributed by atoms with van der Waals surface area (Å²) >= 11 is 0. The first-order valence-corrected chi connectivity index (χ1v) is 11.8. The van der Waals surface area contributed by atoms with Gasteiger partial charge in [0.05, 0.1) is 4.90 Å². The van der Waals surface area contributed by atoms with E-state index in [-0.39, 0.29) is 16.8 Å². The van der Waals surface area contributed by atoms with Crippen molar-refractivity contribution in [2.75, 3.05) is 4.72 Å². The van der Waals surface area contributed by atoms with E-state index in [0.29, 0.717) is 16.8 Å². The van der Waals surface area contributed by atoms with Gasteiger partial charge < -0.3 is 5.32 Å². The third-order valence-corrected chi connectivity index (χ3v) is 6.65. The molecule has 0 unspecified atom stereocenters. The van der Waals surface area contributed by atoms with E-state index in [1.807, 2.05) is 44.2 Å². The van der Waals surface area contributed by atoms with Crippen LogP contribution in [0, 0.1) is 13.8 Å². The second kappa shape index (κ2) is 9.79. The largest absolute Gasteiger partial charge is 0.350 e. The molecule has 0 bridgehead atoms. The quantitative estimate of drug-likeness (QED) is 0.530.